The molecule has 36 heavy (non-hydrogen) atoms. The highest BCUT2D eigenvalue weighted by atomic mass is 32.1. The molecule has 3 amide bonds. The summed E-state index contributed by atoms with van der Waals surface area (Å²) < 4.78 is 37.4. The molecule has 0 spiro atoms. The second kappa shape index (κ2) is 13.5. The van der Waals surface area contributed by atoms with Crippen LogP contribution in [0.1, 0.15) is 60.0 Å². The number of piperidine rings is 1. The number of primary amides is 1. The number of aromatic nitrogens is 1. The lowest BCUT2D eigenvalue weighted by molar-refractivity contribution is 0.0928. The summed E-state index contributed by atoms with van der Waals surface area (Å²) in [5.74, 6) is -2.67. The lowest BCUT2D eigenvalue weighted by Crippen LogP contribution is -2.36. The van der Waals surface area contributed by atoms with Gasteiger partial charge in [-0.15, -0.1) is 0 Å². The first-order chi connectivity index (χ1) is 17.2. The summed E-state index contributed by atoms with van der Waals surface area (Å²) in [6.07, 6.45) is 5.33. The van der Waals surface area contributed by atoms with Gasteiger partial charge in [0.25, 0.3) is 5.91 Å². The highest BCUT2D eigenvalue weighted by Crippen LogP contribution is 2.31. The monoisotopic (exact) mass is 525 g/mol. The van der Waals surface area contributed by atoms with E-state index in [1.807, 2.05) is 0 Å². The van der Waals surface area contributed by atoms with Crippen molar-refractivity contribution in [2.45, 2.75) is 58.2 Å². The number of amides is 3. The molecule has 0 radical (unpaired) electrons. The molecule has 0 aliphatic carbocycles. The van der Waals surface area contributed by atoms with E-state index in [2.05, 4.69) is 19.9 Å². The number of urea groups is 1. The number of benzene rings is 1. The van der Waals surface area contributed by atoms with Gasteiger partial charge < -0.3 is 25.8 Å². The zero-order chi connectivity index (χ0) is 26.1. The second-order valence-corrected chi connectivity index (χ2v) is 9.72. The maximum atomic E-state index is 14.1. The van der Waals surface area contributed by atoms with Gasteiger partial charge in [0.15, 0.2) is 0 Å². The fraction of sp³-hybridized carbons (Fsp3) is 0.542. The van der Waals surface area contributed by atoms with Crippen LogP contribution in [0, 0.1) is 18.6 Å². The molecule has 3 rings (SSSR count). The predicted octanol–water partition coefficient (Wildman–Crippen LogP) is 3.55. The Balaban J connectivity index is 1.44. The molecule has 9 nitrogen and oxygen atoms in total. The minimum atomic E-state index is -0.901. The third-order valence-corrected chi connectivity index (χ3v) is 6.69. The molecule has 2 aromatic rings. The van der Waals surface area contributed by atoms with Gasteiger partial charge in [-0.2, -0.15) is 4.37 Å². The summed E-state index contributed by atoms with van der Waals surface area (Å²) in [6, 6.07) is 1.78. The van der Waals surface area contributed by atoms with E-state index < -0.39 is 30.2 Å². The average molecular weight is 526 g/mol. The van der Waals surface area contributed by atoms with Crippen LogP contribution in [0.15, 0.2) is 12.1 Å². The summed E-state index contributed by atoms with van der Waals surface area (Å²) >= 11 is 0.770. The van der Waals surface area contributed by atoms with Gasteiger partial charge in [0.05, 0.1) is 11.7 Å². The number of carbonyl (C=O) groups excluding carboxylic acids is 2. The van der Waals surface area contributed by atoms with Crippen LogP contribution in [0.25, 0.3) is 0 Å². The van der Waals surface area contributed by atoms with Crippen molar-refractivity contribution in [1.82, 2.24) is 14.6 Å². The Hall–Kier alpha value is -2.83. The molecule has 1 aliphatic heterocycles. The summed E-state index contributed by atoms with van der Waals surface area (Å²) in [7, 11) is 0. The van der Waals surface area contributed by atoms with E-state index in [0.29, 0.717) is 31.5 Å². The Morgan fingerprint density at radius 1 is 1.22 bits per heavy atom. The molecule has 12 heteroatoms. The van der Waals surface area contributed by atoms with E-state index in [4.69, 9.17) is 10.5 Å². The average Bonchev–Trinajstić information content (AvgIpc) is 3.21. The molecule has 1 aromatic heterocycles. The number of aliphatic hydroxyl groups excluding tert-OH is 1. The molecule has 1 fully saturated rings. The number of hydrogen-bond acceptors (Lipinski definition) is 7. The molecule has 2 heterocycles. The first-order valence-electron chi connectivity index (χ1n) is 12.1. The number of hydrogen-bond donors (Lipinski definition) is 4. The number of nitrogens with one attached hydrogen (secondary N) is 2. The minimum Gasteiger partial charge on any atom is -0.471 e. The summed E-state index contributed by atoms with van der Waals surface area (Å²) in [5.41, 5.74) is 5.36. The van der Waals surface area contributed by atoms with Crippen LogP contribution in [-0.2, 0) is 6.61 Å². The number of nitrogens with zero attached hydrogens (tertiary/aromatic N) is 2. The van der Waals surface area contributed by atoms with Crippen LogP contribution >= 0.6 is 11.5 Å². The number of β-amino-alcohol motifs (C(OH)–C–C–N with tert-alkyl or cyclic N) is 1. The van der Waals surface area contributed by atoms with E-state index >= 15 is 0 Å². The van der Waals surface area contributed by atoms with E-state index in [1.165, 1.54) is 31.4 Å². The Morgan fingerprint density at radius 3 is 2.58 bits per heavy atom. The molecule has 1 aliphatic rings. The maximum absolute atomic E-state index is 14.1. The van der Waals surface area contributed by atoms with Gasteiger partial charge in [-0.05, 0) is 81.3 Å². The number of rotatable bonds is 12. The number of anilines is 1. The number of nitrogens with two attached hydrogens (primary N) is 1. The van der Waals surface area contributed by atoms with Crippen LogP contribution in [0.2, 0.25) is 0 Å². The summed E-state index contributed by atoms with van der Waals surface area (Å²) in [4.78, 5) is 26.5. The smallest absolute Gasteiger partial charge is 0.319 e. The van der Waals surface area contributed by atoms with E-state index in [1.54, 1.807) is 6.92 Å². The van der Waals surface area contributed by atoms with Gasteiger partial charge in [0.2, 0.25) is 5.88 Å². The van der Waals surface area contributed by atoms with Crippen LogP contribution in [0.4, 0.5) is 18.6 Å². The van der Waals surface area contributed by atoms with Crippen molar-refractivity contribution in [3.05, 3.63) is 40.5 Å². The lowest BCUT2D eigenvalue weighted by Gasteiger charge is -2.28. The Bertz CT molecular complexity index is 1020. The zero-order valence-corrected chi connectivity index (χ0v) is 21.1. The Morgan fingerprint density at radius 2 is 1.92 bits per heavy atom. The molecular formula is C24H33F2N5O4S. The van der Waals surface area contributed by atoms with Gasteiger partial charge in [-0.3, -0.25) is 10.1 Å². The topological polar surface area (TPSA) is 130 Å². The molecule has 1 saturated heterocycles. The molecule has 198 valence electrons. The normalized spacial score (nSPS) is 14.9. The van der Waals surface area contributed by atoms with Crippen LogP contribution in [0.3, 0.4) is 0 Å². The SMILES string of the molecule is Cc1cc(F)c(COc2nsc(NC(=O)NCCCCC(O)CN3CCCCC3)c2C(N)=O)c(F)c1. The largest absolute Gasteiger partial charge is 0.471 e. The number of likely N-dealkylation sites (tertiary alicyclic amines) is 1. The highest BCUT2D eigenvalue weighted by Gasteiger charge is 2.23. The molecule has 1 atom stereocenters. The third-order valence-electron chi connectivity index (χ3n) is 5.94. The van der Waals surface area contributed by atoms with Crippen LogP contribution in [-0.4, -0.2) is 58.6 Å². The molecule has 1 unspecified atom stereocenters. The maximum Gasteiger partial charge on any atom is 0.319 e. The molecule has 1 aromatic carbocycles. The standard InChI is InChI=1S/C24H33F2N5O4S/c1-15-11-18(25)17(19(26)12-15)14-35-22-20(21(27)33)23(36-30-22)29-24(34)28-8-4-3-7-16(32)13-31-9-5-2-6-10-31/h11-12,16,32H,2-10,13-14H2,1H3,(H2,27,33)(H2,28,29,34). The van der Waals surface area contributed by atoms with Crippen molar-refractivity contribution in [3.63, 3.8) is 0 Å². The molecular weight excluding hydrogens is 492 g/mol. The second-order valence-electron chi connectivity index (χ2n) is 8.94. The van der Waals surface area contributed by atoms with Gasteiger partial charge >= 0.3 is 6.03 Å². The zero-order valence-electron chi connectivity index (χ0n) is 20.3. The van der Waals surface area contributed by atoms with Crippen molar-refractivity contribution in [2.75, 3.05) is 31.5 Å². The Labute approximate surface area is 213 Å². The first-order valence-corrected chi connectivity index (χ1v) is 12.8. The number of unbranched alkanes of at least 4 members (excludes halogenated alkanes) is 1. The van der Waals surface area contributed by atoms with E-state index in [-0.39, 0.29) is 28.1 Å². The van der Waals surface area contributed by atoms with Crippen molar-refractivity contribution >= 4 is 28.5 Å². The number of aliphatic hydroxyl groups is 1. The fourth-order valence-electron chi connectivity index (χ4n) is 4.07. The van der Waals surface area contributed by atoms with Crippen molar-refractivity contribution in [2.24, 2.45) is 5.73 Å². The number of carbonyl (C=O) groups is 2. The first kappa shape index (κ1) is 27.8. The number of halogens is 2. The van der Waals surface area contributed by atoms with Crippen LogP contribution < -0.4 is 21.1 Å². The van der Waals surface area contributed by atoms with Gasteiger partial charge in [-0.25, -0.2) is 13.6 Å². The predicted molar refractivity (Wildman–Crippen MR) is 133 cm³/mol. The fourth-order valence-corrected chi connectivity index (χ4v) is 4.81. The third kappa shape index (κ3) is 8.10. The van der Waals surface area contributed by atoms with Gasteiger partial charge in [-0.1, -0.05) is 6.42 Å². The lowest BCUT2D eigenvalue weighted by atomic mass is 10.1. The van der Waals surface area contributed by atoms with E-state index in [9.17, 15) is 23.5 Å². The molecule has 0 saturated carbocycles. The molecule has 0 bridgehead atoms. The van der Waals surface area contributed by atoms with Crippen molar-refractivity contribution < 1.29 is 28.2 Å². The highest BCUT2D eigenvalue weighted by molar-refractivity contribution is 7.11. The number of ether oxygens (including phenoxy) is 1. The Kier molecular flexibility index (Phi) is 10.4. The van der Waals surface area contributed by atoms with E-state index in [0.717, 1.165) is 31.0 Å². The molecule has 5 N–H and O–H groups in total. The summed E-state index contributed by atoms with van der Waals surface area (Å²) in [6.45, 7) is 4.19. The van der Waals surface area contributed by atoms with Crippen LogP contribution in [0.5, 0.6) is 5.88 Å². The number of aryl methyl sites for hydroxylation is 1. The van der Waals surface area contributed by atoms with Crippen molar-refractivity contribution in [3.8, 4) is 5.88 Å². The summed E-state index contributed by atoms with van der Waals surface area (Å²) in [5, 5.41) is 15.5. The van der Waals surface area contributed by atoms with Crippen molar-refractivity contribution in [1.29, 1.82) is 0 Å². The van der Waals surface area contributed by atoms with Gasteiger partial charge in [0.1, 0.15) is 28.8 Å². The quantitative estimate of drug-likeness (QED) is 0.314. The minimum absolute atomic E-state index is 0.0665. The van der Waals surface area contributed by atoms with Gasteiger partial charge in [0, 0.05) is 13.1 Å².